The van der Waals surface area contributed by atoms with Crippen molar-refractivity contribution >= 4 is 29.7 Å². The Hall–Kier alpha value is -1.58. The van der Waals surface area contributed by atoms with E-state index in [1.807, 2.05) is 6.92 Å². The fourth-order valence-electron chi connectivity index (χ4n) is 2.61. The Balaban J connectivity index is 2.03. The first-order valence-corrected chi connectivity index (χ1v) is 7.28. The van der Waals surface area contributed by atoms with Gasteiger partial charge in [-0.05, 0) is 6.42 Å². The van der Waals surface area contributed by atoms with Gasteiger partial charge in [-0.1, -0.05) is 13.3 Å². The standard InChI is InChI=1S/C12H17N5O3S/c1-2-3-5-8(21)7(18)11(20-5)17-4-14-6-9(17)15-12(13)16-10(6)19/h4-5,7-8,11,18,21H,2-3H2,1H3,(H3,13,15,16,19)/t5-,7-,8-,11-/m1/s1. The molecule has 0 unspecified atom stereocenters. The molecule has 0 bridgehead atoms. The van der Waals surface area contributed by atoms with E-state index in [9.17, 15) is 9.90 Å². The zero-order valence-electron chi connectivity index (χ0n) is 11.4. The SMILES string of the molecule is CCC[C@H]1O[C@@H](n2cnc3c(=O)[nH]c(N)nc32)[C@H](O)[C@@H]1S. The molecule has 0 aromatic carbocycles. The van der Waals surface area contributed by atoms with E-state index in [0.717, 1.165) is 12.8 Å². The summed E-state index contributed by atoms with van der Waals surface area (Å²) in [7, 11) is 0. The molecule has 3 heterocycles. The number of nitrogens with one attached hydrogen (secondary N) is 1. The van der Waals surface area contributed by atoms with E-state index < -0.39 is 17.9 Å². The van der Waals surface area contributed by atoms with Gasteiger partial charge >= 0.3 is 0 Å². The highest BCUT2D eigenvalue weighted by Crippen LogP contribution is 2.35. The minimum absolute atomic E-state index is 0.00531. The second kappa shape index (κ2) is 5.32. The van der Waals surface area contributed by atoms with Crippen molar-refractivity contribution in [2.45, 2.75) is 43.5 Å². The summed E-state index contributed by atoms with van der Waals surface area (Å²) in [6.45, 7) is 2.04. The molecule has 0 saturated carbocycles. The molecule has 2 aromatic heterocycles. The number of hydrogen-bond acceptors (Lipinski definition) is 7. The number of rotatable bonds is 3. The van der Waals surface area contributed by atoms with Crippen LogP contribution >= 0.6 is 12.6 Å². The van der Waals surface area contributed by atoms with Gasteiger partial charge in [0.05, 0.1) is 17.7 Å². The third-order valence-corrected chi connectivity index (χ3v) is 4.27. The smallest absolute Gasteiger partial charge is 0.280 e. The summed E-state index contributed by atoms with van der Waals surface area (Å²) in [6, 6.07) is 0. The van der Waals surface area contributed by atoms with Gasteiger partial charge in [0, 0.05) is 0 Å². The first-order chi connectivity index (χ1) is 10.0. The number of thiol groups is 1. The lowest BCUT2D eigenvalue weighted by Gasteiger charge is -2.16. The van der Waals surface area contributed by atoms with Gasteiger partial charge in [-0.15, -0.1) is 0 Å². The molecule has 9 heteroatoms. The Morgan fingerprint density at radius 2 is 2.38 bits per heavy atom. The number of aromatic nitrogens is 4. The normalized spacial score (nSPS) is 29.3. The summed E-state index contributed by atoms with van der Waals surface area (Å²) in [5.74, 6) is -0.00531. The molecule has 4 atom stereocenters. The van der Waals surface area contributed by atoms with Crippen LogP contribution in [0, 0.1) is 0 Å². The number of hydrogen-bond donors (Lipinski definition) is 4. The van der Waals surface area contributed by atoms with Crippen molar-refractivity contribution in [3.63, 3.8) is 0 Å². The number of nitrogens with two attached hydrogens (primary N) is 1. The summed E-state index contributed by atoms with van der Waals surface area (Å²) in [6.07, 6.45) is 1.50. The Kier molecular flexibility index (Phi) is 3.64. The molecule has 0 aliphatic carbocycles. The van der Waals surface area contributed by atoms with E-state index in [2.05, 4.69) is 27.6 Å². The maximum absolute atomic E-state index is 11.8. The molecular formula is C12H17N5O3S. The maximum Gasteiger partial charge on any atom is 0.280 e. The van der Waals surface area contributed by atoms with Crippen LogP contribution < -0.4 is 11.3 Å². The van der Waals surface area contributed by atoms with E-state index in [1.165, 1.54) is 10.9 Å². The van der Waals surface area contributed by atoms with Crippen LogP contribution in [0.4, 0.5) is 5.95 Å². The highest BCUT2D eigenvalue weighted by atomic mass is 32.1. The quantitative estimate of drug-likeness (QED) is 0.595. The summed E-state index contributed by atoms with van der Waals surface area (Å²) < 4.78 is 7.39. The van der Waals surface area contributed by atoms with Crippen molar-refractivity contribution in [1.29, 1.82) is 0 Å². The predicted molar refractivity (Wildman–Crippen MR) is 80.2 cm³/mol. The molecule has 4 N–H and O–H groups in total. The number of aliphatic hydroxyl groups is 1. The van der Waals surface area contributed by atoms with E-state index in [4.69, 9.17) is 10.5 Å². The fourth-order valence-corrected chi connectivity index (χ4v) is 2.98. The minimum Gasteiger partial charge on any atom is -0.387 e. The van der Waals surface area contributed by atoms with Crippen LogP contribution in [0.15, 0.2) is 11.1 Å². The molecule has 1 fully saturated rings. The van der Waals surface area contributed by atoms with Crippen molar-refractivity contribution in [1.82, 2.24) is 19.5 Å². The highest BCUT2D eigenvalue weighted by Gasteiger charge is 2.42. The number of anilines is 1. The number of nitrogen functional groups attached to an aromatic ring is 1. The van der Waals surface area contributed by atoms with E-state index in [0.29, 0.717) is 0 Å². The van der Waals surface area contributed by atoms with Crippen LogP contribution in [0.5, 0.6) is 0 Å². The van der Waals surface area contributed by atoms with Gasteiger partial charge in [0.15, 0.2) is 17.4 Å². The van der Waals surface area contributed by atoms with Crippen LogP contribution in [0.1, 0.15) is 26.0 Å². The molecule has 1 aliphatic heterocycles. The van der Waals surface area contributed by atoms with Gasteiger partial charge in [0.2, 0.25) is 5.95 Å². The van der Waals surface area contributed by atoms with Gasteiger partial charge in [-0.25, -0.2) is 4.98 Å². The molecule has 8 nitrogen and oxygen atoms in total. The van der Waals surface area contributed by atoms with E-state index in [-0.39, 0.29) is 28.5 Å². The van der Waals surface area contributed by atoms with Crippen LogP contribution in [0.2, 0.25) is 0 Å². The Bertz CT molecular complexity index is 714. The number of H-pyrrole nitrogens is 1. The summed E-state index contributed by atoms with van der Waals surface area (Å²) >= 11 is 4.42. The van der Waals surface area contributed by atoms with Crippen LogP contribution in [0.25, 0.3) is 11.2 Å². The Labute approximate surface area is 125 Å². The second-order valence-corrected chi connectivity index (χ2v) is 5.71. The van der Waals surface area contributed by atoms with Crippen molar-refractivity contribution in [2.24, 2.45) is 0 Å². The molecule has 0 spiro atoms. The zero-order chi connectivity index (χ0) is 15.1. The van der Waals surface area contributed by atoms with E-state index >= 15 is 0 Å². The average Bonchev–Trinajstić information content (AvgIpc) is 2.96. The highest BCUT2D eigenvalue weighted by molar-refractivity contribution is 7.81. The second-order valence-electron chi connectivity index (χ2n) is 5.11. The largest absolute Gasteiger partial charge is 0.387 e. The topological polar surface area (TPSA) is 119 Å². The van der Waals surface area contributed by atoms with Gasteiger partial charge in [-0.3, -0.25) is 14.3 Å². The number of ether oxygens (including phenoxy) is 1. The molecule has 1 aliphatic rings. The molecule has 3 rings (SSSR count). The lowest BCUT2D eigenvalue weighted by Crippen LogP contribution is -2.27. The first-order valence-electron chi connectivity index (χ1n) is 6.76. The minimum atomic E-state index is -0.815. The molecule has 21 heavy (non-hydrogen) atoms. The van der Waals surface area contributed by atoms with Crippen molar-refractivity contribution < 1.29 is 9.84 Å². The number of imidazole rings is 1. The van der Waals surface area contributed by atoms with Crippen LogP contribution in [-0.2, 0) is 4.74 Å². The number of aliphatic hydroxyl groups excluding tert-OH is 1. The third-order valence-electron chi connectivity index (χ3n) is 3.64. The molecule has 114 valence electrons. The van der Waals surface area contributed by atoms with E-state index in [1.54, 1.807) is 0 Å². The van der Waals surface area contributed by atoms with Crippen molar-refractivity contribution in [3.8, 4) is 0 Å². The van der Waals surface area contributed by atoms with Gasteiger partial charge in [0.25, 0.3) is 5.56 Å². The lowest BCUT2D eigenvalue weighted by atomic mass is 10.1. The summed E-state index contributed by atoms with van der Waals surface area (Å²) in [5.41, 5.74) is 5.59. The lowest BCUT2D eigenvalue weighted by molar-refractivity contribution is -0.0368. The van der Waals surface area contributed by atoms with Gasteiger partial charge in [-0.2, -0.15) is 17.6 Å². The van der Waals surface area contributed by atoms with Crippen LogP contribution in [-0.4, -0.2) is 42.1 Å². The average molecular weight is 311 g/mol. The predicted octanol–water partition coefficient (Wildman–Crippen LogP) is 0.0586. The molecule has 2 aromatic rings. The number of aromatic amines is 1. The molecule has 0 radical (unpaired) electrons. The van der Waals surface area contributed by atoms with Gasteiger partial charge < -0.3 is 15.6 Å². The molecule has 0 amide bonds. The van der Waals surface area contributed by atoms with Crippen molar-refractivity contribution in [2.75, 3.05) is 5.73 Å². The summed E-state index contributed by atoms with van der Waals surface area (Å²) in [5, 5.41) is 10.0. The van der Waals surface area contributed by atoms with Gasteiger partial charge in [0.1, 0.15) is 6.10 Å². The van der Waals surface area contributed by atoms with Crippen molar-refractivity contribution in [3.05, 3.63) is 16.7 Å². The Morgan fingerprint density at radius 3 is 3.10 bits per heavy atom. The summed E-state index contributed by atoms with van der Waals surface area (Å²) in [4.78, 5) is 22.3. The third kappa shape index (κ3) is 2.30. The number of fused-ring (bicyclic) bond motifs is 1. The monoisotopic (exact) mass is 311 g/mol. The number of nitrogens with zero attached hydrogens (tertiary/aromatic N) is 3. The first kappa shape index (κ1) is 14.4. The van der Waals surface area contributed by atoms with Crippen LogP contribution in [0.3, 0.4) is 0 Å². The maximum atomic E-state index is 11.8. The zero-order valence-corrected chi connectivity index (χ0v) is 12.3. The molecule has 1 saturated heterocycles. The fraction of sp³-hybridized carbons (Fsp3) is 0.583. The molecular weight excluding hydrogens is 294 g/mol. The Morgan fingerprint density at radius 1 is 1.62 bits per heavy atom.